The van der Waals surface area contributed by atoms with Crippen LogP contribution in [0.3, 0.4) is 0 Å². The van der Waals surface area contributed by atoms with Gasteiger partial charge in [0.2, 0.25) is 0 Å². The van der Waals surface area contributed by atoms with Gasteiger partial charge in [-0.3, -0.25) is 0 Å². The number of rotatable bonds is 2. The van der Waals surface area contributed by atoms with Crippen LogP contribution in [-0.2, 0) is 0 Å². The Morgan fingerprint density at radius 2 is 0.917 bits per heavy atom. The van der Waals surface area contributed by atoms with Gasteiger partial charge in [-0.1, -0.05) is 127 Å². The average Bonchev–Trinajstić information content (AvgIpc) is 3.72. The van der Waals surface area contributed by atoms with E-state index in [2.05, 4.69) is 146 Å². The Morgan fingerprint density at radius 1 is 0.312 bits per heavy atom. The van der Waals surface area contributed by atoms with Crippen LogP contribution in [0.1, 0.15) is 0 Å². The van der Waals surface area contributed by atoms with E-state index >= 15 is 0 Å². The molecule has 0 bridgehead atoms. The summed E-state index contributed by atoms with van der Waals surface area (Å²) < 4.78 is 13.0. The van der Waals surface area contributed by atoms with Crippen molar-refractivity contribution in [2.45, 2.75) is 0 Å². The van der Waals surface area contributed by atoms with Gasteiger partial charge in [-0.05, 0) is 90.3 Å². The molecule has 0 atom stereocenters. The largest absolute Gasteiger partial charge is 0.456 e. The van der Waals surface area contributed by atoms with Crippen LogP contribution in [0.2, 0.25) is 0 Å². The van der Waals surface area contributed by atoms with E-state index in [1.165, 1.54) is 54.6 Å². The maximum absolute atomic E-state index is 6.73. The van der Waals surface area contributed by atoms with E-state index in [9.17, 15) is 0 Å². The smallest absolute Gasteiger partial charge is 0.144 e. The zero-order valence-corrected chi connectivity index (χ0v) is 25.8. The van der Waals surface area contributed by atoms with Crippen LogP contribution in [0, 0.1) is 0 Å². The van der Waals surface area contributed by atoms with Gasteiger partial charge < -0.3 is 8.83 Å². The van der Waals surface area contributed by atoms with Gasteiger partial charge in [0, 0.05) is 26.9 Å². The first-order chi connectivity index (χ1) is 23.8. The summed E-state index contributed by atoms with van der Waals surface area (Å²) >= 11 is 0. The van der Waals surface area contributed by atoms with Gasteiger partial charge >= 0.3 is 0 Å². The molecule has 0 saturated carbocycles. The highest BCUT2D eigenvalue weighted by Gasteiger charge is 2.20. The first kappa shape index (κ1) is 25.8. The predicted octanol–water partition coefficient (Wildman–Crippen LogP) is 13.4. The van der Waals surface area contributed by atoms with Gasteiger partial charge in [0.05, 0.1) is 0 Å². The summed E-state index contributed by atoms with van der Waals surface area (Å²) in [7, 11) is 0. The highest BCUT2D eigenvalue weighted by Crippen LogP contribution is 2.47. The number of hydrogen-bond acceptors (Lipinski definition) is 2. The van der Waals surface area contributed by atoms with Gasteiger partial charge in [-0.2, -0.15) is 0 Å². The SMILES string of the molecule is c1ccc2c(-c3c4ccccc4c(-c4ccc5oc6c(ccc7ccc8oc9ccccc9c8c76)c5c4)c4ccccc34)cccc2c1. The number of furan rings is 2. The van der Waals surface area contributed by atoms with Crippen LogP contribution in [0.5, 0.6) is 0 Å². The molecule has 0 aliphatic rings. The Bertz CT molecular complexity index is 3060. The van der Waals surface area contributed by atoms with Crippen LogP contribution < -0.4 is 0 Å². The lowest BCUT2D eigenvalue weighted by Gasteiger charge is -2.18. The van der Waals surface area contributed by atoms with Crippen molar-refractivity contribution in [3.05, 3.63) is 158 Å². The molecule has 2 aromatic heterocycles. The van der Waals surface area contributed by atoms with E-state index in [0.29, 0.717) is 0 Å². The van der Waals surface area contributed by atoms with Crippen molar-refractivity contribution in [1.82, 2.24) is 0 Å². The van der Waals surface area contributed by atoms with Crippen molar-refractivity contribution in [2.75, 3.05) is 0 Å². The van der Waals surface area contributed by atoms with Crippen LogP contribution in [0.15, 0.2) is 167 Å². The minimum absolute atomic E-state index is 0.876. The second-order valence-corrected chi connectivity index (χ2v) is 12.8. The Labute approximate surface area is 275 Å². The van der Waals surface area contributed by atoms with Crippen molar-refractivity contribution in [1.29, 1.82) is 0 Å². The fourth-order valence-electron chi connectivity index (χ4n) is 8.19. The molecule has 2 heterocycles. The van der Waals surface area contributed by atoms with Crippen molar-refractivity contribution in [3.63, 3.8) is 0 Å². The maximum Gasteiger partial charge on any atom is 0.144 e. The minimum Gasteiger partial charge on any atom is -0.456 e. The number of benzene rings is 9. The molecular formula is C46H26O2. The molecule has 11 rings (SSSR count). The zero-order chi connectivity index (χ0) is 31.3. The van der Waals surface area contributed by atoms with Crippen molar-refractivity contribution >= 4 is 87.0 Å². The molecule has 0 aliphatic carbocycles. The van der Waals surface area contributed by atoms with Crippen LogP contribution >= 0.6 is 0 Å². The molecule has 2 nitrogen and oxygen atoms in total. The third-order valence-electron chi connectivity index (χ3n) is 10.2. The molecule has 0 amide bonds. The molecule has 0 saturated heterocycles. The van der Waals surface area contributed by atoms with E-state index in [0.717, 1.165) is 54.6 Å². The van der Waals surface area contributed by atoms with Gasteiger partial charge in [-0.25, -0.2) is 0 Å². The maximum atomic E-state index is 6.73. The van der Waals surface area contributed by atoms with Gasteiger partial charge in [-0.15, -0.1) is 0 Å². The molecule has 2 heteroatoms. The predicted molar refractivity (Wildman–Crippen MR) is 202 cm³/mol. The molecule has 11 aromatic rings. The Balaban J connectivity index is 1.23. The summed E-state index contributed by atoms with van der Waals surface area (Å²) in [4.78, 5) is 0. The summed E-state index contributed by atoms with van der Waals surface area (Å²) in [5.74, 6) is 0. The standard InChI is InChI=1S/C46H26O2/c1-2-12-30-27(10-1)11-9-18-31(30)44-34-15-5-3-13-32(34)42(33-14-4-6-16-35(33)44)29-22-24-40-38(26-29)36-23-20-28-21-25-41-45(43(28)46(36)48-40)37-17-7-8-19-39(37)47-41/h1-26H. The van der Waals surface area contributed by atoms with Crippen LogP contribution in [0.4, 0.5) is 0 Å². The number of fused-ring (bicyclic) bond motifs is 12. The molecule has 0 fully saturated rings. The molecule has 9 aromatic carbocycles. The molecule has 0 N–H and O–H groups in total. The molecule has 0 radical (unpaired) electrons. The van der Waals surface area contributed by atoms with Crippen LogP contribution in [0.25, 0.3) is 109 Å². The van der Waals surface area contributed by atoms with E-state index in [-0.39, 0.29) is 0 Å². The Kier molecular flexibility index (Phi) is 5.14. The van der Waals surface area contributed by atoms with E-state index in [4.69, 9.17) is 8.83 Å². The van der Waals surface area contributed by atoms with Crippen molar-refractivity contribution in [2.24, 2.45) is 0 Å². The molecule has 222 valence electrons. The summed E-state index contributed by atoms with van der Waals surface area (Å²) in [5.41, 5.74) is 8.50. The first-order valence-electron chi connectivity index (χ1n) is 16.4. The second kappa shape index (κ2) is 9.57. The first-order valence-corrected chi connectivity index (χ1v) is 16.4. The summed E-state index contributed by atoms with van der Waals surface area (Å²) in [5, 5.41) is 14.2. The van der Waals surface area contributed by atoms with Crippen molar-refractivity contribution in [3.8, 4) is 22.3 Å². The fraction of sp³-hybridized carbons (Fsp3) is 0. The topological polar surface area (TPSA) is 26.3 Å². The van der Waals surface area contributed by atoms with Gasteiger partial charge in [0.15, 0.2) is 0 Å². The van der Waals surface area contributed by atoms with Gasteiger partial charge in [0.25, 0.3) is 0 Å². The molecular weight excluding hydrogens is 585 g/mol. The van der Waals surface area contributed by atoms with E-state index < -0.39 is 0 Å². The molecule has 0 unspecified atom stereocenters. The third-order valence-corrected chi connectivity index (χ3v) is 10.2. The third kappa shape index (κ3) is 3.46. The van der Waals surface area contributed by atoms with Crippen LogP contribution in [-0.4, -0.2) is 0 Å². The molecule has 0 spiro atoms. The van der Waals surface area contributed by atoms with E-state index in [1.54, 1.807) is 0 Å². The molecule has 0 aliphatic heterocycles. The lowest BCUT2D eigenvalue weighted by molar-refractivity contribution is 0.668. The monoisotopic (exact) mass is 610 g/mol. The normalized spacial score (nSPS) is 12.2. The number of hydrogen-bond donors (Lipinski definition) is 0. The minimum atomic E-state index is 0.876. The molecule has 48 heavy (non-hydrogen) atoms. The lowest BCUT2D eigenvalue weighted by atomic mass is 9.84. The summed E-state index contributed by atoms with van der Waals surface area (Å²) in [6.45, 7) is 0. The Morgan fingerprint density at radius 3 is 1.71 bits per heavy atom. The fourth-order valence-corrected chi connectivity index (χ4v) is 8.19. The second-order valence-electron chi connectivity index (χ2n) is 12.8. The highest BCUT2D eigenvalue weighted by molar-refractivity contribution is 6.29. The quantitative estimate of drug-likeness (QED) is 0.182. The summed E-state index contributed by atoms with van der Waals surface area (Å²) in [6, 6.07) is 56.7. The highest BCUT2D eigenvalue weighted by atomic mass is 16.3. The number of para-hydroxylation sites is 1. The zero-order valence-electron chi connectivity index (χ0n) is 25.8. The van der Waals surface area contributed by atoms with Crippen molar-refractivity contribution < 1.29 is 8.83 Å². The lowest BCUT2D eigenvalue weighted by Crippen LogP contribution is -1.91. The van der Waals surface area contributed by atoms with Gasteiger partial charge in [0.1, 0.15) is 22.3 Å². The van der Waals surface area contributed by atoms with E-state index in [1.807, 2.05) is 12.1 Å². The Hall–Kier alpha value is -6.38. The summed E-state index contributed by atoms with van der Waals surface area (Å²) in [6.07, 6.45) is 0. The average molecular weight is 611 g/mol.